The van der Waals surface area contributed by atoms with E-state index in [1.807, 2.05) is 24.3 Å². The molecular formula is C20H25N3O2. The number of nitrogens with one attached hydrogen (secondary N) is 2. The first kappa shape index (κ1) is 17.1. The largest absolute Gasteiger partial charge is 0.497 e. The lowest BCUT2D eigenvalue weighted by molar-refractivity contribution is 0.240. The van der Waals surface area contributed by atoms with Crippen LogP contribution in [0.3, 0.4) is 0 Å². The van der Waals surface area contributed by atoms with Crippen LogP contribution in [-0.4, -0.2) is 32.3 Å². The van der Waals surface area contributed by atoms with E-state index >= 15 is 0 Å². The van der Waals surface area contributed by atoms with Gasteiger partial charge < -0.3 is 20.3 Å². The number of ether oxygens (including phenoxy) is 1. The van der Waals surface area contributed by atoms with Gasteiger partial charge >= 0.3 is 6.03 Å². The number of hydrogen-bond donors (Lipinski definition) is 2. The van der Waals surface area contributed by atoms with Gasteiger partial charge in [-0.2, -0.15) is 0 Å². The molecule has 0 bridgehead atoms. The molecular weight excluding hydrogens is 314 g/mol. The molecule has 0 fully saturated rings. The molecule has 3 rings (SSSR count). The number of carbonyl (C=O) groups is 1. The molecule has 0 aromatic heterocycles. The van der Waals surface area contributed by atoms with Gasteiger partial charge in [-0.1, -0.05) is 30.3 Å². The summed E-state index contributed by atoms with van der Waals surface area (Å²) in [5.41, 5.74) is 3.71. The smallest absolute Gasteiger partial charge is 0.315 e. The van der Waals surface area contributed by atoms with Crippen molar-refractivity contribution in [1.82, 2.24) is 10.6 Å². The Bertz CT molecular complexity index is 715. The second-order valence-corrected chi connectivity index (χ2v) is 6.33. The quantitative estimate of drug-likeness (QED) is 0.851. The van der Waals surface area contributed by atoms with Crippen molar-refractivity contribution in [3.05, 3.63) is 59.7 Å². The fraction of sp³-hybridized carbons (Fsp3) is 0.350. The number of hydrogen-bond acceptors (Lipinski definition) is 3. The maximum Gasteiger partial charge on any atom is 0.315 e. The summed E-state index contributed by atoms with van der Waals surface area (Å²) in [5.74, 6) is 0.813. The van der Waals surface area contributed by atoms with Crippen molar-refractivity contribution < 1.29 is 9.53 Å². The molecule has 1 heterocycles. The average Bonchev–Trinajstić information content (AvgIpc) is 3.09. The maximum atomic E-state index is 12.0. The first-order valence-electron chi connectivity index (χ1n) is 8.66. The maximum absolute atomic E-state index is 12.0. The first-order chi connectivity index (χ1) is 12.2. The van der Waals surface area contributed by atoms with E-state index in [-0.39, 0.29) is 12.1 Å². The Morgan fingerprint density at radius 1 is 1.16 bits per heavy atom. The molecule has 2 N–H and O–H groups in total. The van der Waals surface area contributed by atoms with Crippen LogP contribution >= 0.6 is 0 Å². The van der Waals surface area contributed by atoms with Crippen LogP contribution in [0.15, 0.2) is 48.5 Å². The zero-order valence-corrected chi connectivity index (χ0v) is 14.8. The van der Waals surface area contributed by atoms with Crippen LogP contribution in [0.25, 0.3) is 0 Å². The monoisotopic (exact) mass is 339 g/mol. The normalized spacial score (nSPS) is 13.9. The van der Waals surface area contributed by atoms with E-state index in [1.165, 1.54) is 11.3 Å². The molecule has 1 aliphatic rings. The zero-order valence-electron chi connectivity index (χ0n) is 14.8. The molecule has 1 aliphatic heterocycles. The van der Waals surface area contributed by atoms with Crippen LogP contribution in [-0.2, 0) is 13.0 Å². The molecule has 5 heteroatoms. The highest BCUT2D eigenvalue weighted by Gasteiger charge is 2.22. The van der Waals surface area contributed by atoms with E-state index < -0.39 is 0 Å². The van der Waals surface area contributed by atoms with Gasteiger partial charge in [0.15, 0.2) is 0 Å². The lowest BCUT2D eigenvalue weighted by Gasteiger charge is -2.27. The number of benzene rings is 2. The van der Waals surface area contributed by atoms with Crippen LogP contribution < -0.4 is 20.3 Å². The van der Waals surface area contributed by atoms with E-state index in [9.17, 15) is 4.79 Å². The number of rotatable bonds is 6. The van der Waals surface area contributed by atoms with Crippen molar-refractivity contribution in [3.8, 4) is 5.75 Å². The van der Waals surface area contributed by atoms with Gasteiger partial charge in [0.1, 0.15) is 5.75 Å². The molecule has 2 aromatic rings. The Morgan fingerprint density at radius 2 is 1.92 bits per heavy atom. The number of amides is 2. The molecule has 0 unspecified atom stereocenters. The second-order valence-electron chi connectivity index (χ2n) is 6.33. The minimum absolute atomic E-state index is 0.143. The van der Waals surface area contributed by atoms with Gasteiger partial charge in [-0.25, -0.2) is 4.79 Å². The van der Waals surface area contributed by atoms with Crippen molar-refractivity contribution in [1.29, 1.82) is 0 Å². The number of urea groups is 1. The van der Waals surface area contributed by atoms with Crippen molar-refractivity contribution in [2.24, 2.45) is 0 Å². The van der Waals surface area contributed by atoms with E-state index in [1.54, 1.807) is 7.11 Å². The minimum atomic E-state index is -0.143. The molecule has 2 amide bonds. The van der Waals surface area contributed by atoms with Crippen LogP contribution in [0.4, 0.5) is 10.5 Å². The molecule has 25 heavy (non-hydrogen) atoms. The Labute approximate surface area is 149 Å². The highest BCUT2D eigenvalue weighted by Crippen LogP contribution is 2.28. The van der Waals surface area contributed by atoms with Crippen LogP contribution in [0, 0.1) is 0 Å². The fourth-order valence-corrected chi connectivity index (χ4v) is 3.16. The topological polar surface area (TPSA) is 53.6 Å². The van der Waals surface area contributed by atoms with E-state index in [0.717, 1.165) is 24.3 Å². The highest BCUT2D eigenvalue weighted by atomic mass is 16.5. The Balaban J connectivity index is 1.44. The van der Waals surface area contributed by atoms with Crippen LogP contribution in [0.2, 0.25) is 0 Å². The number of fused-ring (bicyclic) bond motifs is 1. The molecule has 1 atom stereocenters. The third-order valence-electron chi connectivity index (χ3n) is 4.63. The highest BCUT2D eigenvalue weighted by molar-refractivity contribution is 5.74. The van der Waals surface area contributed by atoms with Crippen molar-refractivity contribution in [2.45, 2.75) is 25.9 Å². The summed E-state index contributed by atoms with van der Waals surface area (Å²) in [6.07, 6.45) is 1.07. The Morgan fingerprint density at radius 3 is 2.68 bits per heavy atom. The summed E-state index contributed by atoms with van der Waals surface area (Å²) in [5, 5.41) is 5.86. The van der Waals surface area contributed by atoms with E-state index in [0.29, 0.717) is 13.1 Å². The summed E-state index contributed by atoms with van der Waals surface area (Å²) in [7, 11) is 1.64. The van der Waals surface area contributed by atoms with Crippen molar-refractivity contribution >= 4 is 11.7 Å². The number of carbonyl (C=O) groups excluding carboxylic acids is 1. The van der Waals surface area contributed by atoms with Gasteiger partial charge in [-0.15, -0.1) is 0 Å². The summed E-state index contributed by atoms with van der Waals surface area (Å²) >= 11 is 0. The standard InChI is InChI=1S/C20H25N3O2/c1-15(23-12-11-17-5-3-4-6-19(17)23)13-21-20(24)22-14-16-7-9-18(25-2)10-8-16/h3-10,15H,11-14H2,1-2H3,(H2,21,22,24)/t15-/m0/s1. The fourth-order valence-electron chi connectivity index (χ4n) is 3.16. The average molecular weight is 339 g/mol. The van der Waals surface area contributed by atoms with E-state index in [2.05, 4.69) is 46.7 Å². The van der Waals surface area contributed by atoms with Gasteiger partial charge in [0.05, 0.1) is 7.11 Å². The van der Waals surface area contributed by atoms with Gasteiger partial charge in [0.2, 0.25) is 0 Å². The third kappa shape index (κ3) is 4.24. The summed E-state index contributed by atoms with van der Waals surface area (Å²) in [6.45, 7) is 4.26. The second kappa shape index (κ2) is 7.92. The number of anilines is 1. The first-order valence-corrected chi connectivity index (χ1v) is 8.66. The van der Waals surface area contributed by atoms with Crippen molar-refractivity contribution in [3.63, 3.8) is 0 Å². The van der Waals surface area contributed by atoms with Gasteiger partial charge in [-0.3, -0.25) is 0 Å². The summed E-state index contributed by atoms with van der Waals surface area (Å²) in [4.78, 5) is 14.4. The number of para-hydroxylation sites is 1. The molecule has 0 aliphatic carbocycles. The van der Waals surface area contributed by atoms with Gasteiger partial charge in [0, 0.05) is 31.4 Å². The van der Waals surface area contributed by atoms with Crippen LogP contribution in [0.1, 0.15) is 18.1 Å². The predicted octanol–water partition coefficient (Wildman–Crippen LogP) is 2.95. The van der Waals surface area contributed by atoms with E-state index in [4.69, 9.17) is 4.74 Å². The predicted molar refractivity (Wildman–Crippen MR) is 100 cm³/mol. The van der Waals surface area contributed by atoms with Gasteiger partial charge in [0.25, 0.3) is 0 Å². The molecule has 0 saturated carbocycles. The molecule has 0 radical (unpaired) electrons. The number of methoxy groups -OCH3 is 1. The lowest BCUT2D eigenvalue weighted by atomic mass is 10.2. The molecule has 132 valence electrons. The minimum Gasteiger partial charge on any atom is -0.497 e. The molecule has 0 spiro atoms. The van der Waals surface area contributed by atoms with Gasteiger partial charge in [-0.05, 0) is 42.7 Å². The Hall–Kier alpha value is -2.69. The summed E-state index contributed by atoms with van der Waals surface area (Å²) < 4.78 is 5.13. The van der Waals surface area contributed by atoms with Crippen molar-refractivity contribution in [2.75, 3.05) is 25.1 Å². The third-order valence-corrected chi connectivity index (χ3v) is 4.63. The zero-order chi connectivity index (χ0) is 17.6. The molecule has 5 nitrogen and oxygen atoms in total. The van der Waals surface area contributed by atoms with Crippen LogP contribution in [0.5, 0.6) is 5.75 Å². The lowest BCUT2D eigenvalue weighted by Crippen LogP contribution is -2.44. The molecule has 2 aromatic carbocycles. The Kier molecular flexibility index (Phi) is 5.43. The summed E-state index contributed by atoms with van der Waals surface area (Å²) in [6, 6.07) is 16.3. The number of nitrogens with zero attached hydrogens (tertiary/aromatic N) is 1. The SMILES string of the molecule is COc1ccc(CNC(=O)NC[C@H](C)N2CCc3ccccc32)cc1. The molecule has 0 saturated heterocycles.